The monoisotopic (exact) mass is 208 g/mol. The molecule has 1 aliphatic rings. The Labute approximate surface area is 89.2 Å². The minimum atomic E-state index is 0.840. The van der Waals surface area contributed by atoms with Gasteiger partial charge in [0.05, 0.1) is 0 Å². The highest BCUT2D eigenvalue weighted by atomic mass is 32.2. The summed E-state index contributed by atoms with van der Waals surface area (Å²) in [7, 11) is 0. The minimum Gasteiger partial charge on any atom is -0.324 e. The molecular formula is C11H16N2S. The third-order valence-corrected chi connectivity index (χ3v) is 3.98. The second-order valence-corrected chi connectivity index (χ2v) is 5.07. The van der Waals surface area contributed by atoms with Crippen molar-refractivity contribution in [2.75, 3.05) is 5.43 Å². The molecule has 3 heteroatoms. The Morgan fingerprint density at radius 3 is 2.36 bits per heavy atom. The topological polar surface area (TPSA) is 38.0 Å². The van der Waals surface area contributed by atoms with Crippen molar-refractivity contribution in [1.29, 1.82) is 0 Å². The third kappa shape index (κ3) is 2.42. The molecule has 0 spiro atoms. The van der Waals surface area contributed by atoms with Gasteiger partial charge in [0.15, 0.2) is 0 Å². The predicted molar refractivity (Wildman–Crippen MR) is 62.4 cm³/mol. The number of hydrogen-bond donors (Lipinski definition) is 2. The molecule has 14 heavy (non-hydrogen) atoms. The van der Waals surface area contributed by atoms with Gasteiger partial charge in [0.25, 0.3) is 0 Å². The van der Waals surface area contributed by atoms with Gasteiger partial charge in [-0.05, 0) is 37.1 Å². The first kappa shape index (κ1) is 9.87. The zero-order chi connectivity index (χ0) is 9.80. The van der Waals surface area contributed by atoms with Crippen LogP contribution in [0.5, 0.6) is 0 Å². The van der Waals surface area contributed by atoms with E-state index >= 15 is 0 Å². The zero-order valence-corrected chi connectivity index (χ0v) is 9.02. The smallest absolute Gasteiger partial charge is 0.0485 e. The molecule has 0 heterocycles. The van der Waals surface area contributed by atoms with Crippen LogP contribution < -0.4 is 11.3 Å². The van der Waals surface area contributed by atoms with E-state index in [1.165, 1.54) is 30.6 Å². The summed E-state index contributed by atoms with van der Waals surface area (Å²) in [5.41, 5.74) is 3.61. The van der Waals surface area contributed by atoms with E-state index in [1.807, 2.05) is 23.9 Å². The standard InChI is InChI=1S/C11H16N2S/c12-13-9-5-7-11(8-6-9)14-10-3-1-2-4-10/h5-8,10,13H,1-4,12H2. The molecule has 0 bridgehead atoms. The highest BCUT2D eigenvalue weighted by molar-refractivity contribution is 8.00. The van der Waals surface area contributed by atoms with Crippen molar-refractivity contribution in [3.05, 3.63) is 24.3 Å². The van der Waals surface area contributed by atoms with Crippen LogP contribution in [0.1, 0.15) is 25.7 Å². The van der Waals surface area contributed by atoms with Gasteiger partial charge in [0.1, 0.15) is 0 Å². The molecule has 76 valence electrons. The highest BCUT2D eigenvalue weighted by Gasteiger charge is 2.15. The lowest BCUT2D eigenvalue weighted by atomic mass is 10.3. The molecule has 2 nitrogen and oxygen atoms in total. The highest BCUT2D eigenvalue weighted by Crippen LogP contribution is 2.34. The third-order valence-electron chi connectivity index (χ3n) is 2.63. The average molecular weight is 208 g/mol. The van der Waals surface area contributed by atoms with Crippen LogP contribution in [-0.4, -0.2) is 5.25 Å². The van der Waals surface area contributed by atoms with Crippen molar-refractivity contribution in [3.8, 4) is 0 Å². The van der Waals surface area contributed by atoms with Crippen LogP contribution in [0.3, 0.4) is 0 Å². The summed E-state index contributed by atoms with van der Waals surface area (Å²) < 4.78 is 0. The Bertz CT molecular complexity index is 278. The van der Waals surface area contributed by atoms with Gasteiger partial charge in [-0.3, -0.25) is 5.84 Å². The maximum absolute atomic E-state index is 5.31. The summed E-state index contributed by atoms with van der Waals surface area (Å²) in [6.45, 7) is 0. The van der Waals surface area contributed by atoms with Crippen molar-refractivity contribution in [1.82, 2.24) is 0 Å². The molecule has 3 N–H and O–H groups in total. The fraction of sp³-hybridized carbons (Fsp3) is 0.455. The second-order valence-electron chi connectivity index (χ2n) is 3.69. The lowest BCUT2D eigenvalue weighted by Crippen LogP contribution is -2.06. The van der Waals surface area contributed by atoms with Gasteiger partial charge in [-0.25, -0.2) is 0 Å². The summed E-state index contributed by atoms with van der Waals surface area (Å²) in [5, 5.41) is 0.840. The molecule has 0 aliphatic heterocycles. The molecule has 1 aliphatic carbocycles. The fourth-order valence-electron chi connectivity index (χ4n) is 1.83. The molecule has 1 saturated carbocycles. The van der Waals surface area contributed by atoms with Crippen LogP contribution in [0.4, 0.5) is 5.69 Å². The number of nitrogen functional groups attached to an aromatic ring is 1. The van der Waals surface area contributed by atoms with Gasteiger partial charge >= 0.3 is 0 Å². The van der Waals surface area contributed by atoms with Gasteiger partial charge in [-0.1, -0.05) is 12.8 Å². The fourth-order valence-corrected chi connectivity index (χ4v) is 3.08. The van der Waals surface area contributed by atoms with Gasteiger partial charge in [0, 0.05) is 15.8 Å². The zero-order valence-electron chi connectivity index (χ0n) is 8.20. The molecule has 0 unspecified atom stereocenters. The molecule has 1 fully saturated rings. The lowest BCUT2D eigenvalue weighted by molar-refractivity contribution is 0.886. The summed E-state index contributed by atoms with van der Waals surface area (Å²) in [5.74, 6) is 5.31. The predicted octanol–water partition coefficient (Wildman–Crippen LogP) is 3.01. The Kier molecular flexibility index (Phi) is 3.32. The number of hydrogen-bond acceptors (Lipinski definition) is 3. The number of anilines is 1. The Morgan fingerprint density at radius 2 is 1.79 bits per heavy atom. The maximum Gasteiger partial charge on any atom is 0.0485 e. The van der Waals surface area contributed by atoms with E-state index in [0.717, 1.165) is 10.9 Å². The molecular weight excluding hydrogens is 192 g/mol. The van der Waals surface area contributed by atoms with E-state index < -0.39 is 0 Å². The second kappa shape index (κ2) is 4.71. The normalized spacial score (nSPS) is 17.2. The van der Waals surface area contributed by atoms with Crippen molar-refractivity contribution in [3.63, 3.8) is 0 Å². The van der Waals surface area contributed by atoms with E-state index in [0.29, 0.717) is 0 Å². The molecule has 0 radical (unpaired) electrons. The SMILES string of the molecule is NNc1ccc(SC2CCCC2)cc1. The first-order valence-corrected chi connectivity index (χ1v) is 6.00. The molecule has 1 aromatic rings. The Balaban J connectivity index is 1.95. The van der Waals surface area contributed by atoms with E-state index in [9.17, 15) is 0 Å². The van der Waals surface area contributed by atoms with Crippen LogP contribution >= 0.6 is 11.8 Å². The Morgan fingerprint density at radius 1 is 1.14 bits per heavy atom. The van der Waals surface area contributed by atoms with E-state index in [2.05, 4.69) is 17.6 Å². The van der Waals surface area contributed by atoms with Crippen LogP contribution in [0.25, 0.3) is 0 Å². The largest absolute Gasteiger partial charge is 0.324 e. The van der Waals surface area contributed by atoms with Crippen LogP contribution in [0.2, 0.25) is 0 Å². The number of hydrazine groups is 1. The summed E-state index contributed by atoms with van der Waals surface area (Å²) in [4.78, 5) is 1.36. The maximum atomic E-state index is 5.31. The van der Waals surface area contributed by atoms with Crippen LogP contribution in [0, 0.1) is 0 Å². The van der Waals surface area contributed by atoms with Crippen molar-refractivity contribution in [2.24, 2.45) is 5.84 Å². The molecule has 0 saturated heterocycles. The van der Waals surface area contributed by atoms with Gasteiger partial charge in [0.2, 0.25) is 0 Å². The first-order chi connectivity index (χ1) is 6.88. The van der Waals surface area contributed by atoms with Gasteiger partial charge in [-0.2, -0.15) is 0 Å². The molecule has 2 rings (SSSR count). The quantitative estimate of drug-likeness (QED) is 0.592. The number of benzene rings is 1. The number of nitrogens with two attached hydrogens (primary N) is 1. The summed E-state index contributed by atoms with van der Waals surface area (Å²) in [6, 6.07) is 8.32. The minimum absolute atomic E-state index is 0.840. The number of thioether (sulfide) groups is 1. The van der Waals surface area contributed by atoms with E-state index in [-0.39, 0.29) is 0 Å². The number of rotatable bonds is 3. The summed E-state index contributed by atoms with van der Waals surface area (Å²) in [6.07, 6.45) is 5.56. The van der Waals surface area contributed by atoms with Crippen molar-refractivity contribution < 1.29 is 0 Å². The molecule has 0 atom stereocenters. The lowest BCUT2D eigenvalue weighted by Gasteiger charge is -2.08. The van der Waals surface area contributed by atoms with Gasteiger partial charge < -0.3 is 5.43 Å². The summed E-state index contributed by atoms with van der Waals surface area (Å²) >= 11 is 2.00. The molecule has 0 amide bonds. The van der Waals surface area contributed by atoms with Crippen molar-refractivity contribution >= 4 is 17.4 Å². The van der Waals surface area contributed by atoms with Crippen LogP contribution in [-0.2, 0) is 0 Å². The van der Waals surface area contributed by atoms with E-state index in [1.54, 1.807) is 0 Å². The number of nitrogens with one attached hydrogen (secondary N) is 1. The first-order valence-electron chi connectivity index (χ1n) is 5.12. The molecule has 0 aromatic heterocycles. The molecule has 1 aromatic carbocycles. The average Bonchev–Trinajstić information content (AvgIpc) is 2.72. The van der Waals surface area contributed by atoms with Gasteiger partial charge in [-0.15, -0.1) is 11.8 Å². The Hall–Kier alpha value is -0.670. The van der Waals surface area contributed by atoms with E-state index in [4.69, 9.17) is 5.84 Å². The van der Waals surface area contributed by atoms with Crippen LogP contribution in [0.15, 0.2) is 29.2 Å². The van der Waals surface area contributed by atoms with Crippen molar-refractivity contribution in [2.45, 2.75) is 35.8 Å².